The zero-order valence-electron chi connectivity index (χ0n) is 46.3. The standard InChI is InChI=1S/C26H23FN4O3.C20H18ClFN4O2.C17H13FN4O/c1-32-20-12-11-17(23(13-20)33-2)14-28-26-30-24-21(9-6-10-22(24)27)25-29-18(15-31(25)26)16-34-19-7-4-3-5-8-19;1-27-14-7-6-12(17(8-14)28-2)10-23-20-25-18-15(4-3-5-16(18)22)19-24-13(9-21)11-26(19)20;18-14-8-4-7-13-15(14)21-17(19)22-9-11(20-16(13)22)10-23-12-5-2-1-3-6-12/h3-13,15H,14,16H2,1-2H3,(H,28,30);3-8,11H,9-10H2,1-2H3,(H,23,25);1-9H,10H2,(H2,19,21). The van der Waals surface area contributed by atoms with Gasteiger partial charge < -0.3 is 44.8 Å². The summed E-state index contributed by atoms with van der Waals surface area (Å²) in [6.07, 6.45) is 5.40. The first-order valence-electron chi connectivity index (χ1n) is 26.5. The highest BCUT2D eigenvalue weighted by molar-refractivity contribution is 6.17. The van der Waals surface area contributed by atoms with Crippen LogP contribution in [-0.4, -0.2) is 71.5 Å². The molecule has 430 valence electrons. The molecular weight excluding hydrogens is 1110 g/mol. The number of nitrogens with zero attached hydrogens (tertiary/aromatic N) is 9. The summed E-state index contributed by atoms with van der Waals surface area (Å²) in [5.74, 6) is 4.42. The molecule has 0 unspecified atom stereocenters. The van der Waals surface area contributed by atoms with Crippen LogP contribution in [0.2, 0.25) is 0 Å². The van der Waals surface area contributed by atoms with Crippen molar-refractivity contribution in [3.63, 3.8) is 0 Å². The third-order valence-electron chi connectivity index (χ3n) is 13.6. The molecule has 85 heavy (non-hydrogen) atoms. The number of benzene rings is 7. The summed E-state index contributed by atoms with van der Waals surface area (Å²) >= 11 is 5.96. The minimum Gasteiger partial charge on any atom is -0.497 e. The van der Waals surface area contributed by atoms with Gasteiger partial charge in [0.1, 0.15) is 98.7 Å². The molecule has 0 fully saturated rings. The first-order chi connectivity index (χ1) is 41.5. The number of aromatic nitrogens is 9. The number of alkyl halides is 1. The minimum absolute atomic E-state index is 0.191. The van der Waals surface area contributed by atoms with Crippen LogP contribution in [0.5, 0.6) is 34.5 Å². The lowest BCUT2D eigenvalue weighted by Crippen LogP contribution is -2.08. The van der Waals surface area contributed by atoms with Crippen LogP contribution < -0.4 is 44.8 Å². The molecule has 0 atom stereocenters. The van der Waals surface area contributed by atoms with Crippen molar-refractivity contribution in [2.75, 3.05) is 44.8 Å². The molecule has 0 radical (unpaired) electrons. The van der Waals surface area contributed by atoms with Gasteiger partial charge in [-0.2, -0.15) is 0 Å². The molecule has 13 aromatic rings. The zero-order chi connectivity index (χ0) is 59.0. The van der Waals surface area contributed by atoms with Crippen molar-refractivity contribution in [3.05, 3.63) is 216 Å². The van der Waals surface area contributed by atoms with Crippen LogP contribution in [0, 0.1) is 17.5 Å². The van der Waals surface area contributed by atoms with Gasteiger partial charge in [0.15, 0.2) is 0 Å². The largest absolute Gasteiger partial charge is 0.497 e. The fraction of sp³-hybridized carbons (Fsp3) is 0.143. The minimum atomic E-state index is -0.415. The number of para-hydroxylation sites is 5. The zero-order valence-corrected chi connectivity index (χ0v) is 47.0. The summed E-state index contributed by atoms with van der Waals surface area (Å²) < 4.78 is 81.1. The van der Waals surface area contributed by atoms with Gasteiger partial charge in [0, 0.05) is 71.1 Å². The summed E-state index contributed by atoms with van der Waals surface area (Å²) in [6, 6.07) is 44.6. The van der Waals surface area contributed by atoms with Crippen molar-refractivity contribution in [1.29, 1.82) is 0 Å². The summed E-state index contributed by atoms with van der Waals surface area (Å²) in [4.78, 5) is 26.9. The third kappa shape index (κ3) is 12.2. The average molecular weight is 1170 g/mol. The van der Waals surface area contributed by atoms with E-state index in [1.54, 1.807) is 80.0 Å². The van der Waals surface area contributed by atoms with Crippen LogP contribution in [0.3, 0.4) is 0 Å². The van der Waals surface area contributed by atoms with Crippen molar-refractivity contribution < 1.29 is 41.6 Å². The van der Waals surface area contributed by atoms with E-state index in [0.717, 1.165) is 22.6 Å². The Balaban J connectivity index is 0.000000135. The van der Waals surface area contributed by atoms with Crippen LogP contribution in [0.15, 0.2) is 170 Å². The number of imidazole rings is 3. The van der Waals surface area contributed by atoms with E-state index in [0.29, 0.717) is 105 Å². The molecule has 0 aliphatic carbocycles. The van der Waals surface area contributed by atoms with E-state index in [-0.39, 0.29) is 35.0 Å². The van der Waals surface area contributed by atoms with E-state index in [9.17, 15) is 13.2 Å². The van der Waals surface area contributed by atoms with Crippen molar-refractivity contribution in [3.8, 4) is 34.5 Å². The second kappa shape index (κ2) is 25.3. The van der Waals surface area contributed by atoms with Crippen LogP contribution in [-0.2, 0) is 32.2 Å². The topological polar surface area (TPSA) is 196 Å². The number of fused-ring (bicyclic) bond motifs is 9. The van der Waals surface area contributed by atoms with E-state index in [1.807, 2.05) is 114 Å². The maximum atomic E-state index is 14.6. The molecule has 6 heterocycles. The second-order valence-electron chi connectivity index (χ2n) is 18.9. The van der Waals surface area contributed by atoms with Crippen molar-refractivity contribution in [2.45, 2.75) is 32.2 Å². The molecule has 13 rings (SSSR count). The van der Waals surface area contributed by atoms with Gasteiger partial charge >= 0.3 is 0 Å². The lowest BCUT2D eigenvalue weighted by Gasteiger charge is -2.13. The monoisotopic (exact) mass is 1170 g/mol. The predicted octanol–water partition coefficient (Wildman–Crippen LogP) is 12.8. The molecule has 7 aromatic carbocycles. The Bertz CT molecular complexity index is 4510. The Morgan fingerprint density at radius 3 is 1.26 bits per heavy atom. The highest BCUT2D eigenvalue weighted by Gasteiger charge is 2.19. The fourth-order valence-corrected chi connectivity index (χ4v) is 9.54. The molecule has 0 bridgehead atoms. The van der Waals surface area contributed by atoms with Crippen LogP contribution in [0.25, 0.3) is 49.7 Å². The smallest absolute Gasteiger partial charge is 0.209 e. The summed E-state index contributed by atoms with van der Waals surface area (Å²) in [5, 5.41) is 8.43. The van der Waals surface area contributed by atoms with Gasteiger partial charge in [0.2, 0.25) is 17.8 Å². The Morgan fingerprint density at radius 1 is 0.435 bits per heavy atom. The van der Waals surface area contributed by atoms with Gasteiger partial charge in [-0.25, -0.2) is 43.1 Å². The Labute approximate surface area is 489 Å². The number of hydrogen-bond donors (Lipinski definition) is 3. The maximum absolute atomic E-state index is 14.6. The lowest BCUT2D eigenvalue weighted by atomic mass is 10.2. The summed E-state index contributed by atoms with van der Waals surface area (Å²) in [7, 11) is 6.41. The number of nitrogens with two attached hydrogens (primary N) is 1. The molecule has 0 saturated carbocycles. The van der Waals surface area contributed by atoms with Crippen molar-refractivity contribution in [1.82, 2.24) is 43.1 Å². The summed E-state index contributed by atoms with van der Waals surface area (Å²) in [5.41, 5.74) is 12.3. The van der Waals surface area contributed by atoms with E-state index in [4.69, 9.17) is 50.7 Å². The number of rotatable bonds is 17. The van der Waals surface area contributed by atoms with Gasteiger partial charge in [-0.3, -0.25) is 13.2 Å². The normalized spacial score (nSPS) is 11.1. The lowest BCUT2D eigenvalue weighted by molar-refractivity contribution is 0.302. The molecule has 0 aliphatic heterocycles. The number of halogens is 4. The molecule has 0 aliphatic rings. The van der Waals surface area contributed by atoms with Gasteiger partial charge in [-0.1, -0.05) is 54.6 Å². The van der Waals surface area contributed by atoms with E-state index >= 15 is 0 Å². The van der Waals surface area contributed by atoms with Crippen LogP contribution in [0.4, 0.5) is 31.0 Å². The van der Waals surface area contributed by atoms with Crippen LogP contribution in [0.1, 0.15) is 28.2 Å². The number of anilines is 3. The molecule has 0 spiro atoms. The molecule has 18 nitrogen and oxygen atoms in total. The third-order valence-corrected chi connectivity index (χ3v) is 13.8. The molecule has 0 amide bonds. The van der Waals surface area contributed by atoms with E-state index in [1.165, 1.54) is 18.2 Å². The molecule has 22 heteroatoms. The Hall–Kier alpha value is -10.5. The average Bonchev–Trinajstić information content (AvgIpc) is 2.08. The summed E-state index contributed by atoms with van der Waals surface area (Å²) in [6.45, 7) is 1.39. The first-order valence-corrected chi connectivity index (χ1v) is 27.0. The number of hydrogen-bond acceptors (Lipinski definition) is 15. The highest BCUT2D eigenvalue weighted by atomic mass is 35.5. The van der Waals surface area contributed by atoms with E-state index in [2.05, 4.69) is 35.6 Å². The second-order valence-corrected chi connectivity index (χ2v) is 19.2. The molecule has 0 saturated heterocycles. The number of ether oxygens (including phenoxy) is 6. The molecule has 4 N–H and O–H groups in total. The Kier molecular flexibility index (Phi) is 16.8. The predicted molar refractivity (Wildman–Crippen MR) is 321 cm³/mol. The number of nitrogen functional groups attached to an aromatic ring is 1. The van der Waals surface area contributed by atoms with Gasteiger partial charge in [0.25, 0.3) is 0 Å². The van der Waals surface area contributed by atoms with Gasteiger partial charge in [-0.05, 0) is 84.9 Å². The number of methoxy groups -OCH3 is 4. The SMILES string of the molecule is COc1ccc(CNc2nc3c(F)cccc3c3nc(CCl)cn23)c(OC)c1.COc1ccc(CNc2nc3c(F)cccc3c3nc(COc4ccccc4)cn23)c(OC)c1.Nc1nc2c(F)cccc2c2nc(COc3ccccc3)cn12. The Morgan fingerprint density at radius 2 is 0.835 bits per heavy atom. The number of nitrogens with one attached hydrogen (secondary N) is 2. The molecule has 6 aromatic heterocycles. The van der Waals surface area contributed by atoms with Gasteiger partial charge in [0.05, 0.1) is 51.4 Å². The first kappa shape index (κ1) is 56.3. The highest BCUT2D eigenvalue weighted by Crippen LogP contribution is 2.31. The fourth-order valence-electron chi connectivity index (χ4n) is 9.42. The molecular formula is C63H54ClF3N12O6. The van der Waals surface area contributed by atoms with Crippen LogP contribution >= 0.6 is 11.6 Å². The van der Waals surface area contributed by atoms with Crippen molar-refractivity contribution >= 4 is 79.1 Å². The van der Waals surface area contributed by atoms with E-state index < -0.39 is 17.5 Å². The van der Waals surface area contributed by atoms with Crippen molar-refractivity contribution in [2.24, 2.45) is 0 Å². The quantitative estimate of drug-likeness (QED) is 0.0728. The maximum Gasteiger partial charge on any atom is 0.209 e. The van der Waals surface area contributed by atoms with Gasteiger partial charge in [-0.15, -0.1) is 11.6 Å².